The number of ketones is 1. The molecule has 1 aliphatic carbocycles. The van der Waals surface area contributed by atoms with Crippen molar-refractivity contribution in [3.8, 4) is 0 Å². The first-order valence-corrected chi connectivity index (χ1v) is 9.08. The SMILES string of the molecule is Nc1cnc(C(=O)CN2C(=O)SC(=C3CCC(Cl)(Cl)CC3)C2=O)cn1. The van der Waals surface area contributed by atoms with Crippen LogP contribution in [-0.4, -0.2) is 42.7 Å². The van der Waals surface area contributed by atoms with Gasteiger partial charge in [-0.1, -0.05) is 5.57 Å². The molecule has 3 rings (SSSR count). The first-order valence-electron chi connectivity index (χ1n) is 7.51. The molecule has 1 aromatic rings. The van der Waals surface area contributed by atoms with Crippen molar-refractivity contribution >= 4 is 57.7 Å². The lowest BCUT2D eigenvalue weighted by molar-refractivity contribution is -0.122. The second kappa shape index (κ2) is 6.93. The molecule has 0 atom stereocenters. The summed E-state index contributed by atoms with van der Waals surface area (Å²) >= 11 is 13.0. The molecule has 2 heterocycles. The third kappa shape index (κ3) is 3.96. The molecule has 1 saturated heterocycles. The summed E-state index contributed by atoms with van der Waals surface area (Å²) in [6.07, 6.45) is 4.62. The van der Waals surface area contributed by atoms with E-state index < -0.39 is 21.3 Å². The van der Waals surface area contributed by atoms with Crippen molar-refractivity contribution in [2.24, 2.45) is 0 Å². The number of halogens is 2. The molecule has 10 heteroatoms. The highest BCUT2D eigenvalue weighted by Crippen LogP contribution is 2.44. The van der Waals surface area contributed by atoms with Gasteiger partial charge in [0.15, 0.2) is 0 Å². The number of anilines is 1. The van der Waals surface area contributed by atoms with Crippen LogP contribution >= 0.6 is 35.0 Å². The van der Waals surface area contributed by atoms with Crippen LogP contribution in [0.3, 0.4) is 0 Å². The van der Waals surface area contributed by atoms with E-state index in [0.717, 1.165) is 22.2 Å². The molecular formula is C15H14Cl2N4O3S. The zero-order valence-corrected chi connectivity index (χ0v) is 15.3. The second-order valence-corrected chi connectivity index (χ2v) is 8.40. The fraction of sp³-hybridized carbons (Fsp3) is 0.400. The lowest BCUT2D eigenvalue weighted by Gasteiger charge is -2.26. The number of imide groups is 1. The predicted octanol–water partition coefficient (Wildman–Crippen LogP) is 2.94. The van der Waals surface area contributed by atoms with Gasteiger partial charge in [0, 0.05) is 0 Å². The van der Waals surface area contributed by atoms with Crippen LogP contribution in [0, 0.1) is 0 Å². The number of Topliss-reactive ketones (excluding diaryl/α,β-unsaturated/α-hetero) is 1. The first-order chi connectivity index (χ1) is 11.8. The monoisotopic (exact) mass is 400 g/mol. The van der Waals surface area contributed by atoms with Crippen molar-refractivity contribution in [2.45, 2.75) is 30.0 Å². The second-order valence-electron chi connectivity index (χ2n) is 5.80. The van der Waals surface area contributed by atoms with E-state index in [0.29, 0.717) is 30.6 Å². The number of hydrogen-bond acceptors (Lipinski definition) is 7. The van der Waals surface area contributed by atoms with E-state index in [4.69, 9.17) is 28.9 Å². The highest BCUT2D eigenvalue weighted by atomic mass is 35.5. The molecule has 1 aliphatic heterocycles. The Balaban J connectivity index is 1.73. The maximum atomic E-state index is 12.5. The number of alkyl halides is 2. The fourth-order valence-electron chi connectivity index (χ4n) is 2.60. The fourth-order valence-corrected chi connectivity index (χ4v) is 3.96. The first kappa shape index (κ1) is 18.2. The van der Waals surface area contributed by atoms with Crippen LogP contribution in [0.15, 0.2) is 22.9 Å². The highest BCUT2D eigenvalue weighted by molar-refractivity contribution is 8.18. The number of allylic oxidation sites excluding steroid dienone is 1. The Morgan fingerprint density at radius 1 is 1.24 bits per heavy atom. The molecule has 1 saturated carbocycles. The van der Waals surface area contributed by atoms with Gasteiger partial charge >= 0.3 is 0 Å². The zero-order chi connectivity index (χ0) is 18.2. The minimum Gasteiger partial charge on any atom is -0.382 e. The molecule has 1 aromatic heterocycles. The summed E-state index contributed by atoms with van der Waals surface area (Å²) in [7, 11) is 0. The molecule has 0 bridgehead atoms. The van der Waals surface area contributed by atoms with E-state index in [1.807, 2.05) is 0 Å². The number of nitrogens with zero attached hydrogens (tertiary/aromatic N) is 3. The summed E-state index contributed by atoms with van der Waals surface area (Å²) in [5.74, 6) is -0.761. The van der Waals surface area contributed by atoms with Gasteiger partial charge in [0.05, 0.1) is 23.8 Å². The summed E-state index contributed by atoms with van der Waals surface area (Å²) < 4.78 is -0.788. The van der Waals surface area contributed by atoms with Gasteiger partial charge in [0.25, 0.3) is 11.1 Å². The number of thioether (sulfide) groups is 1. The van der Waals surface area contributed by atoms with Crippen LogP contribution in [0.1, 0.15) is 36.2 Å². The van der Waals surface area contributed by atoms with Crippen LogP contribution in [0.4, 0.5) is 10.6 Å². The molecule has 132 valence electrons. The smallest absolute Gasteiger partial charge is 0.293 e. The van der Waals surface area contributed by atoms with Crippen LogP contribution in [0.5, 0.6) is 0 Å². The Morgan fingerprint density at radius 2 is 1.92 bits per heavy atom. The molecule has 0 spiro atoms. The summed E-state index contributed by atoms with van der Waals surface area (Å²) in [6, 6.07) is 0. The van der Waals surface area contributed by atoms with Gasteiger partial charge in [-0.15, -0.1) is 23.2 Å². The largest absolute Gasteiger partial charge is 0.382 e. The lowest BCUT2D eigenvalue weighted by atomic mass is 9.93. The molecule has 0 radical (unpaired) electrons. The normalized spacial score (nSPS) is 20.3. The van der Waals surface area contributed by atoms with Crippen LogP contribution < -0.4 is 5.73 Å². The van der Waals surface area contributed by atoms with Crippen molar-refractivity contribution in [2.75, 3.05) is 12.3 Å². The number of amides is 2. The quantitative estimate of drug-likeness (QED) is 0.472. The topological polar surface area (TPSA) is 106 Å². The zero-order valence-electron chi connectivity index (χ0n) is 13.0. The van der Waals surface area contributed by atoms with Gasteiger partial charge in [0.2, 0.25) is 5.78 Å². The summed E-state index contributed by atoms with van der Waals surface area (Å²) in [4.78, 5) is 45.9. The van der Waals surface area contributed by atoms with Crippen LogP contribution in [0.25, 0.3) is 0 Å². The maximum absolute atomic E-state index is 12.5. The van der Waals surface area contributed by atoms with Gasteiger partial charge in [-0.3, -0.25) is 19.3 Å². The molecule has 25 heavy (non-hydrogen) atoms. The number of carbonyl (C=O) groups excluding carboxylic acids is 3. The number of carbonyl (C=O) groups is 3. The lowest BCUT2D eigenvalue weighted by Crippen LogP contribution is -2.34. The summed E-state index contributed by atoms with van der Waals surface area (Å²) in [6.45, 7) is -0.380. The Labute approximate surface area is 157 Å². The predicted molar refractivity (Wildman–Crippen MR) is 95.4 cm³/mol. The molecule has 0 aromatic carbocycles. The molecule has 2 aliphatic rings. The Hall–Kier alpha value is -1.64. The van der Waals surface area contributed by atoms with Crippen molar-refractivity contribution in [3.05, 3.63) is 28.6 Å². The number of rotatable bonds is 3. The maximum Gasteiger partial charge on any atom is 0.293 e. The van der Waals surface area contributed by atoms with Gasteiger partial charge in [0.1, 0.15) is 15.8 Å². The molecule has 2 N–H and O–H groups in total. The summed E-state index contributed by atoms with van der Waals surface area (Å²) in [5.41, 5.74) is 6.33. The summed E-state index contributed by atoms with van der Waals surface area (Å²) in [5, 5.41) is -0.474. The average molecular weight is 401 g/mol. The number of nitrogens with two attached hydrogens (primary N) is 1. The van der Waals surface area contributed by atoms with Crippen molar-refractivity contribution < 1.29 is 14.4 Å². The minimum absolute atomic E-state index is 0.0487. The van der Waals surface area contributed by atoms with Gasteiger partial charge in [-0.05, 0) is 37.4 Å². The number of nitrogen functional groups attached to an aromatic ring is 1. The molecule has 2 amide bonds. The third-order valence-electron chi connectivity index (χ3n) is 4.01. The third-order valence-corrected chi connectivity index (χ3v) is 5.83. The number of hydrogen-bond donors (Lipinski definition) is 1. The van der Waals surface area contributed by atoms with Crippen LogP contribution in [-0.2, 0) is 4.79 Å². The molecule has 2 fully saturated rings. The van der Waals surface area contributed by atoms with Crippen LogP contribution in [0.2, 0.25) is 0 Å². The van der Waals surface area contributed by atoms with Gasteiger partial charge in [-0.2, -0.15) is 0 Å². The molecule has 7 nitrogen and oxygen atoms in total. The molecule has 0 unspecified atom stereocenters. The van der Waals surface area contributed by atoms with E-state index in [-0.39, 0.29) is 18.1 Å². The van der Waals surface area contributed by atoms with E-state index in [2.05, 4.69) is 9.97 Å². The Kier molecular flexibility index (Phi) is 5.04. The van der Waals surface area contributed by atoms with E-state index >= 15 is 0 Å². The minimum atomic E-state index is -0.788. The van der Waals surface area contributed by atoms with E-state index in [1.54, 1.807) is 0 Å². The van der Waals surface area contributed by atoms with Gasteiger partial charge < -0.3 is 5.73 Å². The van der Waals surface area contributed by atoms with E-state index in [9.17, 15) is 14.4 Å². The number of aromatic nitrogens is 2. The standard InChI is InChI=1S/C15H14Cl2N4O3S/c16-15(17)3-1-8(2-4-15)12-13(23)21(14(24)25-12)7-10(22)9-5-20-11(18)6-19-9/h5-6H,1-4,7H2,(H2,18,20). The van der Waals surface area contributed by atoms with Crippen molar-refractivity contribution in [1.29, 1.82) is 0 Å². The Morgan fingerprint density at radius 3 is 2.52 bits per heavy atom. The van der Waals surface area contributed by atoms with E-state index in [1.165, 1.54) is 12.4 Å². The molecular weight excluding hydrogens is 387 g/mol. The highest BCUT2D eigenvalue weighted by Gasteiger charge is 2.40. The van der Waals surface area contributed by atoms with Crippen molar-refractivity contribution in [1.82, 2.24) is 14.9 Å². The average Bonchev–Trinajstić information content (AvgIpc) is 2.83. The van der Waals surface area contributed by atoms with Gasteiger partial charge in [-0.25, -0.2) is 9.97 Å². The van der Waals surface area contributed by atoms with Crippen molar-refractivity contribution in [3.63, 3.8) is 0 Å². The Bertz CT molecular complexity index is 767.